The van der Waals surface area contributed by atoms with Crippen LogP contribution in [0, 0.1) is 10.1 Å². The number of rotatable bonds is 7. The van der Waals surface area contributed by atoms with E-state index >= 15 is 0 Å². The molecule has 0 radical (unpaired) electrons. The summed E-state index contributed by atoms with van der Waals surface area (Å²) in [4.78, 5) is 76.4. The topological polar surface area (TPSA) is 152 Å². The first-order valence-corrected chi connectivity index (χ1v) is 10.2. The second kappa shape index (κ2) is 7.78. The number of imide groups is 2. The molecule has 0 fully saturated rings. The number of benzene rings is 2. The molecule has 0 bridgehead atoms. The average Bonchev–Trinajstić information content (AvgIpc) is 3.48. The summed E-state index contributed by atoms with van der Waals surface area (Å²) >= 11 is 0. The summed E-state index contributed by atoms with van der Waals surface area (Å²) in [7, 11) is 0. The average molecular weight is 461 g/mol. The summed E-state index contributed by atoms with van der Waals surface area (Å²) in [5.41, 5.74) is 0.557. The van der Waals surface area contributed by atoms with E-state index in [4.69, 9.17) is 4.84 Å². The Bertz CT molecular complexity index is 1170. The van der Waals surface area contributed by atoms with Crippen molar-refractivity contribution >= 4 is 36.1 Å². The van der Waals surface area contributed by atoms with Crippen LogP contribution in [0.4, 0.5) is 0 Å². The monoisotopic (exact) mass is 461 g/mol. The second-order valence-electron chi connectivity index (χ2n) is 7.74. The van der Waals surface area contributed by atoms with Crippen molar-refractivity contribution in [1.82, 2.24) is 9.96 Å². The molecular formula is C22H15N5O7. The fourth-order valence-electron chi connectivity index (χ4n) is 4.07. The van der Waals surface area contributed by atoms with Crippen LogP contribution in [-0.4, -0.2) is 69.4 Å². The molecule has 2 aromatic carbocycles. The Labute approximate surface area is 191 Å². The lowest BCUT2D eigenvalue weighted by Gasteiger charge is -2.27. The van der Waals surface area contributed by atoms with Gasteiger partial charge in [-0.2, -0.15) is 9.98 Å². The lowest BCUT2D eigenvalue weighted by Crippen LogP contribution is -2.47. The van der Waals surface area contributed by atoms with Gasteiger partial charge in [-0.05, 0) is 24.3 Å². The smallest absolute Gasteiger partial charge is 0.272 e. The van der Waals surface area contributed by atoms with Crippen LogP contribution in [0.2, 0.25) is 0 Å². The van der Waals surface area contributed by atoms with Gasteiger partial charge in [0.25, 0.3) is 23.6 Å². The SMILES string of the molecule is O=C1c2ccccc2C(=O)N1CC(CC1([N+](=O)[O-])N=CC=N1)ON1C(=O)c2ccccc2C1=O. The Balaban J connectivity index is 1.46. The predicted octanol–water partition coefficient (Wildman–Crippen LogP) is 1.35. The summed E-state index contributed by atoms with van der Waals surface area (Å²) in [5.74, 6) is -4.94. The fraction of sp³-hybridized carbons (Fsp3) is 0.182. The van der Waals surface area contributed by atoms with E-state index in [1.54, 1.807) is 24.3 Å². The van der Waals surface area contributed by atoms with Crippen LogP contribution < -0.4 is 0 Å². The van der Waals surface area contributed by atoms with Crippen LogP contribution in [0.5, 0.6) is 0 Å². The van der Waals surface area contributed by atoms with E-state index in [1.807, 2.05) is 0 Å². The molecule has 0 aromatic heterocycles. The van der Waals surface area contributed by atoms with E-state index in [9.17, 15) is 29.3 Å². The molecule has 1 unspecified atom stereocenters. The zero-order valence-corrected chi connectivity index (χ0v) is 17.4. The first-order valence-electron chi connectivity index (χ1n) is 10.2. The largest absolute Gasteiger partial charge is 0.414 e. The molecule has 4 amide bonds. The Kier molecular flexibility index (Phi) is 4.87. The number of aliphatic imine (C=N–C) groups is 2. The number of amides is 4. The molecule has 3 heterocycles. The molecule has 34 heavy (non-hydrogen) atoms. The molecule has 0 saturated heterocycles. The van der Waals surface area contributed by atoms with Crippen LogP contribution in [0.15, 0.2) is 58.5 Å². The molecule has 3 aliphatic rings. The quantitative estimate of drug-likeness (QED) is 0.343. The molecule has 1 atom stereocenters. The zero-order chi connectivity index (χ0) is 24.0. The summed E-state index contributed by atoms with van der Waals surface area (Å²) < 4.78 is 0. The lowest BCUT2D eigenvalue weighted by molar-refractivity contribution is -0.568. The number of hydrogen-bond acceptors (Lipinski definition) is 9. The van der Waals surface area contributed by atoms with Gasteiger partial charge in [0.05, 0.1) is 40.1 Å². The zero-order valence-electron chi connectivity index (χ0n) is 17.4. The number of fused-ring (bicyclic) bond motifs is 2. The van der Waals surface area contributed by atoms with Gasteiger partial charge in [0.15, 0.2) is 0 Å². The van der Waals surface area contributed by atoms with Gasteiger partial charge in [0, 0.05) is 12.4 Å². The van der Waals surface area contributed by atoms with Crippen LogP contribution in [0.3, 0.4) is 0 Å². The van der Waals surface area contributed by atoms with Gasteiger partial charge >= 0.3 is 5.79 Å². The maximum Gasteiger partial charge on any atom is 0.414 e. The molecule has 3 aliphatic heterocycles. The van der Waals surface area contributed by atoms with E-state index in [1.165, 1.54) is 24.3 Å². The first-order chi connectivity index (χ1) is 16.3. The van der Waals surface area contributed by atoms with Gasteiger partial charge in [-0.1, -0.05) is 24.3 Å². The van der Waals surface area contributed by atoms with E-state index < -0.39 is 53.4 Å². The van der Waals surface area contributed by atoms with Crippen molar-refractivity contribution in [3.8, 4) is 0 Å². The van der Waals surface area contributed by atoms with Gasteiger partial charge in [-0.3, -0.25) is 39.0 Å². The summed E-state index contributed by atoms with van der Waals surface area (Å²) in [6, 6.07) is 12.2. The minimum absolute atomic E-state index is 0.105. The van der Waals surface area contributed by atoms with E-state index in [2.05, 4.69) is 9.98 Å². The number of nitrogens with zero attached hydrogens (tertiary/aromatic N) is 5. The van der Waals surface area contributed by atoms with Crippen LogP contribution in [-0.2, 0) is 4.84 Å². The maximum atomic E-state index is 12.8. The highest BCUT2D eigenvalue weighted by molar-refractivity contribution is 6.22. The molecule has 2 aromatic rings. The van der Waals surface area contributed by atoms with E-state index in [0.29, 0.717) is 5.06 Å². The minimum atomic E-state index is -2.18. The highest BCUT2D eigenvalue weighted by Gasteiger charge is 2.49. The van der Waals surface area contributed by atoms with Gasteiger partial charge in [0.1, 0.15) is 6.10 Å². The number of carbonyl (C=O) groups excluding carboxylic acids is 4. The van der Waals surface area contributed by atoms with Crippen molar-refractivity contribution in [1.29, 1.82) is 0 Å². The lowest BCUT2D eigenvalue weighted by atomic mass is 10.1. The number of hydrogen-bond donors (Lipinski definition) is 0. The molecular weight excluding hydrogens is 446 g/mol. The van der Waals surface area contributed by atoms with E-state index in [0.717, 1.165) is 17.3 Å². The van der Waals surface area contributed by atoms with Gasteiger partial charge in [0.2, 0.25) is 0 Å². The number of nitro groups is 1. The highest BCUT2D eigenvalue weighted by Crippen LogP contribution is 2.30. The van der Waals surface area contributed by atoms with Gasteiger partial charge < -0.3 is 0 Å². The third-order valence-corrected chi connectivity index (χ3v) is 5.70. The standard InChI is InChI=1S/C22H15N5O7/c28-18-14-5-1-2-6-15(14)19(29)25(18)12-13(11-22(27(32)33)23-9-10-24-22)34-26-20(30)16-7-3-4-8-17(16)21(26)31/h1-10,13H,11-12H2. The predicted molar refractivity (Wildman–Crippen MR) is 115 cm³/mol. The van der Waals surface area contributed by atoms with Gasteiger partial charge in [-0.25, -0.2) is 0 Å². The molecule has 0 N–H and O–H groups in total. The van der Waals surface area contributed by atoms with Crippen molar-refractivity contribution in [2.45, 2.75) is 18.3 Å². The first kappa shape index (κ1) is 21.3. The summed E-state index contributed by atoms with van der Waals surface area (Å²) in [6.07, 6.45) is 0.379. The molecule has 0 aliphatic carbocycles. The van der Waals surface area contributed by atoms with Crippen molar-refractivity contribution < 1.29 is 28.9 Å². The van der Waals surface area contributed by atoms with Crippen molar-refractivity contribution in [3.05, 3.63) is 80.9 Å². The Morgan fingerprint density at radius 2 is 1.26 bits per heavy atom. The molecule has 0 saturated carbocycles. The van der Waals surface area contributed by atoms with Crippen LogP contribution in [0.1, 0.15) is 47.9 Å². The summed E-state index contributed by atoms with van der Waals surface area (Å²) in [5, 5.41) is 12.3. The van der Waals surface area contributed by atoms with E-state index in [-0.39, 0.29) is 22.3 Å². The molecule has 170 valence electrons. The van der Waals surface area contributed by atoms with Gasteiger partial charge in [-0.15, -0.1) is 5.06 Å². The Morgan fingerprint density at radius 3 is 1.71 bits per heavy atom. The normalized spacial score (nSPS) is 18.6. The fourth-order valence-corrected chi connectivity index (χ4v) is 4.07. The highest BCUT2D eigenvalue weighted by atomic mass is 16.7. The molecule has 12 nitrogen and oxygen atoms in total. The number of hydroxylamine groups is 2. The molecule has 0 spiro atoms. The Hall–Kier alpha value is -4.58. The second-order valence-corrected chi connectivity index (χ2v) is 7.74. The third kappa shape index (κ3) is 3.19. The third-order valence-electron chi connectivity index (χ3n) is 5.70. The van der Waals surface area contributed by atoms with Crippen molar-refractivity contribution in [2.24, 2.45) is 9.98 Å². The number of carbonyl (C=O) groups is 4. The summed E-state index contributed by atoms with van der Waals surface area (Å²) in [6.45, 7) is -0.472. The Morgan fingerprint density at radius 1 is 0.824 bits per heavy atom. The molecule has 12 heteroatoms. The van der Waals surface area contributed by atoms with Crippen LogP contribution in [0.25, 0.3) is 0 Å². The van der Waals surface area contributed by atoms with Crippen LogP contribution >= 0.6 is 0 Å². The van der Waals surface area contributed by atoms with Crippen molar-refractivity contribution in [3.63, 3.8) is 0 Å². The molecule has 5 rings (SSSR count). The maximum absolute atomic E-state index is 12.8. The van der Waals surface area contributed by atoms with Crippen molar-refractivity contribution in [2.75, 3.05) is 6.54 Å². The minimum Gasteiger partial charge on any atom is -0.272 e.